The fourth-order valence-corrected chi connectivity index (χ4v) is 8.04. The lowest BCUT2D eigenvalue weighted by Crippen LogP contribution is -2.58. The van der Waals surface area contributed by atoms with E-state index in [1.807, 2.05) is 45.9 Å². The summed E-state index contributed by atoms with van der Waals surface area (Å²) in [5.74, 6) is 0. The van der Waals surface area contributed by atoms with Crippen LogP contribution in [0.25, 0.3) is 11.4 Å². The standard InChI is InChI=1S/C24H23N5Si/c1-18-17-28(21-10-5-4-6-11-21)26-23(18)30(14-7-8-15-30)24-19(2)20(3)29(27-24)22-12-9-13-25-16-22/h4-17H,1-3H3. The zero-order valence-corrected chi connectivity index (χ0v) is 18.3. The van der Waals surface area contributed by atoms with E-state index in [9.17, 15) is 0 Å². The van der Waals surface area contributed by atoms with Gasteiger partial charge in [0.05, 0.1) is 28.2 Å². The second-order valence-corrected chi connectivity index (χ2v) is 11.1. The lowest BCUT2D eigenvalue weighted by molar-refractivity contribution is 0.847. The van der Waals surface area contributed by atoms with E-state index >= 15 is 0 Å². The molecule has 0 saturated carbocycles. The molecule has 1 aliphatic heterocycles. The molecule has 30 heavy (non-hydrogen) atoms. The van der Waals surface area contributed by atoms with Gasteiger partial charge in [-0.2, -0.15) is 10.2 Å². The molecule has 4 aromatic rings. The van der Waals surface area contributed by atoms with E-state index in [0.29, 0.717) is 0 Å². The summed E-state index contributed by atoms with van der Waals surface area (Å²) in [5, 5.41) is 12.5. The number of hydrogen-bond donors (Lipinski definition) is 0. The van der Waals surface area contributed by atoms with Crippen LogP contribution in [0.2, 0.25) is 0 Å². The Morgan fingerprint density at radius 2 is 1.53 bits per heavy atom. The molecule has 0 unspecified atom stereocenters. The Morgan fingerprint density at radius 3 is 2.23 bits per heavy atom. The maximum Gasteiger partial charge on any atom is 0.214 e. The van der Waals surface area contributed by atoms with Crippen LogP contribution in [0.4, 0.5) is 0 Å². The molecule has 4 heterocycles. The smallest absolute Gasteiger partial charge is 0.214 e. The van der Waals surface area contributed by atoms with Crippen LogP contribution < -0.4 is 10.6 Å². The Hall–Kier alpha value is -3.51. The van der Waals surface area contributed by atoms with Crippen molar-refractivity contribution in [2.24, 2.45) is 0 Å². The van der Waals surface area contributed by atoms with Crippen molar-refractivity contribution >= 4 is 18.7 Å². The van der Waals surface area contributed by atoms with Crippen LogP contribution >= 0.6 is 0 Å². The summed E-state index contributed by atoms with van der Waals surface area (Å²) < 4.78 is 4.00. The van der Waals surface area contributed by atoms with E-state index in [4.69, 9.17) is 10.2 Å². The number of rotatable bonds is 4. The maximum atomic E-state index is 5.12. The number of para-hydroxylation sites is 1. The van der Waals surface area contributed by atoms with Crippen LogP contribution in [0.3, 0.4) is 0 Å². The van der Waals surface area contributed by atoms with Gasteiger partial charge in [0.15, 0.2) is 0 Å². The second kappa shape index (κ2) is 7.07. The molecule has 5 rings (SSSR count). The summed E-state index contributed by atoms with van der Waals surface area (Å²) in [6, 6.07) is 14.3. The highest BCUT2D eigenvalue weighted by Gasteiger charge is 2.42. The predicted octanol–water partition coefficient (Wildman–Crippen LogP) is 3.15. The van der Waals surface area contributed by atoms with Gasteiger partial charge in [-0.25, -0.2) is 9.36 Å². The summed E-state index contributed by atoms with van der Waals surface area (Å²) >= 11 is 0. The summed E-state index contributed by atoms with van der Waals surface area (Å²) in [4.78, 5) is 4.27. The third-order valence-electron chi connectivity index (χ3n) is 5.84. The Morgan fingerprint density at radius 1 is 0.800 bits per heavy atom. The average Bonchev–Trinajstić information content (AvgIpc) is 3.49. The Kier molecular flexibility index (Phi) is 4.36. The molecule has 1 aromatic carbocycles. The van der Waals surface area contributed by atoms with Crippen molar-refractivity contribution in [2.45, 2.75) is 20.8 Å². The summed E-state index contributed by atoms with van der Waals surface area (Å²) in [6.07, 6.45) is 10.1. The van der Waals surface area contributed by atoms with Crippen LogP contribution in [-0.4, -0.2) is 32.6 Å². The largest absolute Gasteiger partial charge is 0.262 e. The Balaban J connectivity index is 1.69. The van der Waals surface area contributed by atoms with Gasteiger partial charge in [0.2, 0.25) is 8.07 Å². The molecule has 1 aliphatic rings. The topological polar surface area (TPSA) is 48.5 Å². The highest BCUT2D eigenvalue weighted by atomic mass is 28.3. The first-order chi connectivity index (χ1) is 14.6. The lowest BCUT2D eigenvalue weighted by atomic mass is 10.3. The number of nitrogens with zero attached hydrogens (tertiary/aromatic N) is 5. The molecule has 0 spiro atoms. The van der Waals surface area contributed by atoms with Gasteiger partial charge in [-0.05, 0) is 56.2 Å². The minimum Gasteiger partial charge on any atom is -0.262 e. The minimum absolute atomic E-state index is 0.978. The van der Waals surface area contributed by atoms with Gasteiger partial charge in [-0.3, -0.25) is 4.98 Å². The van der Waals surface area contributed by atoms with Gasteiger partial charge < -0.3 is 0 Å². The van der Waals surface area contributed by atoms with Crippen LogP contribution in [0, 0.1) is 20.8 Å². The van der Waals surface area contributed by atoms with E-state index in [0.717, 1.165) is 27.7 Å². The van der Waals surface area contributed by atoms with E-state index in [1.165, 1.54) is 11.1 Å². The molecule has 0 fully saturated rings. The molecule has 0 aliphatic carbocycles. The van der Waals surface area contributed by atoms with E-state index in [1.54, 1.807) is 6.20 Å². The molecule has 6 heteroatoms. The zero-order chi connectivity index (χ0) is 20.7. The average molecular weight is 410 g/mol. The lowest BCUT2D eigenvalue weighted by Gasteiger charge is -2.20. The third kappa shape index (κ3) is 2.80. The quantitative estimate of drug-likeness (QED) is 0.487. The minimum atomic E-state index is -2.37. The molecular formula is C24H23N5Si. The molecule has 5 nitrogen and oxygen atoms in total. The van der Waals surface area contributed by atoms with Crippen molar-refractivity contribution in [1.82, 2.24) is 24.5 Å². The van der Waals surface area contributed by atoms with Gasteiger partial charge in [-0.15, -0.1) is 0 Å². The summed E-state index contributed by atoms with van der Waals surface area (Å²) in [6.45, 7) is 6.44. The normalized spacial score (nSPS) is 14.5. The van der Waals surface area contributed by atoms with Gasteiger partial charge in [0, 0.05) is 18.1 Å². The van der Waals surface area contributed by atoms with Crippen molar-refractivity contribution in [2.75, 3.05) is 0 Å². The zero-order valence-electron chi connectivity index (χ0n) is 17.3. The van der Waals surface area contributed by atoms with E-state index in [2.05, 4.69) is 67.6 Å². The Bertz CT molecular complexity index is 1250. The Labute approximate surface area is 177 Å². The fraction of sp³-hybridized carbons (Fsp3) is 0.125. The number of aromatic nitrogens is 5. The van der Waals surface area contributed by atoms with Gasteiger partial charge in [-0.1, -0.05) is 41.7 Å². The van der Waals surface area contributed by atoms with Crippen molar-refractivity contribution in [1.29, 1.82) is 0 Å². The van der Waals surface area contributed by atoms with Crippen LogP contribution in [-0.2, 0) is 0 Å². The highest BCUT2D eigenvalue weighted by Crippen LogP contribution is 2.21. The van der Waals surface area contributed by atoms with E-state index in [-0.39, 0.29) is 0 Å². The number of pyridine rings is 1. The molecular weight excluding hydrogens is 386 g/mol. The fourth-order valence-electron chi connectivity index (χ4n) is 4.18. The monoisotopic (exact) mass is 409 g/mol. The van der Waals surface area contributed by atoms with Crippen LogP contribution in [0.15, 0.2) is 84.6 Å². The summed E-state index contributed by atoms with van der Waals surface area (Å²) in [7, 11) is -2.37. The molecule has 0 N–H and O–H groups in total. The van der Waals surface area contributed by atoms with Crippen molar-refractivity contribution < 1.29 is 0 Å². The van der Waals surface area contributed by atoms with Crippen molar-refractivity contribution in [3.05, 3.63) is 101 Å². The van der Waals surface area contributed by atoms with Gasteiger partial charge in [0.1, 0.15) is 0 Å². The second-order valence-electron chi connectivity index (χ2n) is 7.71. The summed E-state index contributed by atoms with van der Waals surface area (Å²) in [5.41, 5.74) is 10.3. The number of benzene rings is 1. The predicted molar refractivity (Wildman–Crippen MR) is 122 cm³/mol. The highest BCUT2D eigenvalue weighted by molar-refractivity contribution is 7.09. The van der Waals surface area contributed by atoms with Crippen LogP contribution in [0.1, 0.15) is 16.8 Å². The first-order valence-corrected chi connectivity index (χ1v) is 12.2. The molecule has 0 radical (unpaired) electrons. The van der Waals surface area contributed by atoms with Crippen LogP contribution in [0.5, 0.6) is 0 Å². The van der Waals surface area contributed by atoms with Crippen molar-refractivity contribution in [3.8, 4) is 11.4 Å². The molecule has 0 atom stereocenters. The SMILES string of the molecule is Cc1cn(-c2ccccc2)nc1[Si]1(c2nn(-c3cccnc3)c(C)c2C)C=CC=C1. The van der Waals surface area contributed by atoms with E-state index < -0.39 is 8.07 Å². The molecule has 0 saturated heterocycles. The van der Waals surface area contributed by atoms with Gasteiger partial charge >= 0.3 is 0 Å². The molecule has 148 valence electrons. The number of hydrogen-bond acceptors (Lipinski definition) is 3. The first-order valence-electron chi connectivity index (χ1n) is 10.1. The van der Waals surface area contributed by atoms with Crippen molar-refractivity contribution in [3.63, 3.8) is 0 Å². The third-order valence-corrected chi connectivity index (χ3v) is 9.81. The number of allylic oxidation sites excluding steroid dienone is 2. The molecule has 0 bridgehead atoms. The maximum absolute atomic E-state index is 5.12. The number of aryl methyl sites for hydroxylation is 1. The molecule has 3 aromatic heterocycles. The van der Waals surface area contributed by atoms with Gasteiger partial charge in [0.25, 0.3) is 0 Å². The molecule has 0 amide bonds. The first kappa shape index (κ1) is 18.5.